The van der Waals surface area contributed by atoms with Crippen LogP contribution < -0.4 is 0 Å². The van der Waals surface area contributed by atoms with E-state index < -0.39 is 0 Å². The van der Waals surface area contributed by atoms with Crippen LogP contribution in [0.4, 0.5) is 0 Å². The number of hydrogen-bond donors (Lipinski definition) is 0. The van der Waals surface area contributed by atoms with Crippen LogP contribution in [0.25, 0.3) is 0 Å². The maximum absolute atomic E-state index is 12.3. The van der Waals surface area contributed by atoms with Gasteiger partial charge in [-0.2, -0.15) is 0 Å². The Balaban J connectivity index is 2.21. The maximum atomic E-state index is 12.3. The second kappa shape index (κ2) is 5.14. The SMILES string of the molecule is C[C@@H]1COCCN1C(=O)c1ccccc1I. The third-order valence-corrected chi connectivity index (χ3v) is 3.67. The Morgan fingerprint density at radius 3 is 2.94 bits per heavy atom. The van der Waals surface area contributed by atoms with E-state index in [-0.39, 0.29) is 11.9 Å². The van der Waals surface area contributed by atoms with Crippen molar-refractivity contribution in [2.24, 2.45) is 0 Å². The van der Waals surface area contributed by atoms with Crippen molar-refractivity contribution in [1.82, 2.24) is 4.90 Å². The van der Waals surface area contributed by atoms with Crippen LogP contribution in [0.5, 0.6) is 0 Å². The quantitative estimate of drug-likeness (QED) is 0.738. The predicted molar refractivity (Wildman–Crippen MR) is 70.5 cm³/mol. The second-order valence-electron chi connectivity index (χ2n) is 3.90. The Morgan fingerprint density at radius 2 is 2.25 bits per heavy atom. The van der Waals surface area contributed by atoms with E-state index in [1.165, 1.54) is 0 Å². The molecule has 0 unspecified atom stereocenters. The fourth-order valence-corrected chi connectivity index (χ4v) is 2.44. The van der Waals surface area contributed by atoms with Gasteiger partial charge in [0.25, 0.3) is 5.91 Å². The average Bonchev–Trinajstić information content (AvgIpc) is 2.29. The van der Waals surface area contributed by atoms with Crippen LogP contribution in [0, 0.1) is 3.57 Å². The first kappa shape index (κ1) is 11.9. The van der Waals surface area contributed by atoms with Crippen LogP contribution in [-0.4, -0.2) is 36.6 Å². The molecule has 0 bridgehead atoms. The van der Waals surface area contributed by atoms with Crippen molar-refractivity contribution in [2.45, 2.75) is 13.0 Å². The third kappa shape index (κ3) is 2.38. The van der Waals surface area contributed by atoms with Gasteiger partial charge in [-0.3, -0.25) is 4.79 Å². The van der Waals surface area contributed by atoms with Gasteiger partial charge in [0, 0.05) is 10.1 Å². The Labute approximate surface area is 109 Å². The van der Waals surface area contributed by atoms with E-state index >= 15 is 0 Å². The molecule has 1 aliphatic heterocycles. The lowest BCUT2D eigenvalue weighted by atomic mass is 10.1. The number of ether oxygens (including phenoxy) is 1. The highest BCUT2D eigenvalue weighted by molar-refractivity contribution is 14.1. The zero-order chi connectivity index (χ0) is 11.5. The van der Waals surface area contributed by atoms with E-state index in [9.17, 15) is 4.79 Å². The van der Waals surface area contributed by atoms with E-state index in [1.54, 1.807) is 0 Å². The van der Waals surface area contributed by atoms with Gasteiger partial charge in [0.05, 0.1) is 24.8 Å². The smallest absolute Gasteiger partial charge is 0.255 e. The van der Waals surface area contributed by atoms with E-state index in [2.05, 4.69) is 22.6 Å². The molecule has 1 aliphatic rings. The standard InChI is InChI=1S/C12H14INO2/c1-9-8-16-7-6-14(9)12(15)10-4-2-3-5-11(10)13/h2-5,9H,6-8H2,1H3/t9-/m1/s1. The van der Waals surface area contributed by atoms with Crippen molar-refractivity contribution >= 4 is 28.5 Å². The lowest BCUT2D eigenvalue weighted by Gasteiger charge is -2.33. The summed E-state index contributed by atoms with van der Waals surface area (Å²) < 4.78 is 6.34. The van der Waals surface area contributed by atoms with E-state index in [0.717, 1.165) is 9.13 Å². The van der Waals surface area contributed by atoms with Gasteiger partial charge >= 0.3 is 0 Å². The van der Waals surface area contributed by atoms with Crippen LogP contribution in [0.3, 0.4) is 0 Å². The first-order valence-corrected chi connectivity index (χ1v) is 6.41. The number of hydrogen-bond acceptors (Lipinski definition) is 2. The first-order chi connectivity index (χ1) is 7.70. The van der Waals surface area contributed by atoms with Gasteiger partial charge in [0.2, 0.25) is 0 Å². The Bertz CT molecular complexity index is 394. The number of rotatable bonds is 1. The molecule has 1 aromatic carbocycles. The molecule has 1 aromatic rings. The van der Waals surface area contributed by atoms with Crippen molar-refractivity contribution in [3.63, 3.8) is 0 Å². The van der Waals surface area contributed by atoms with Crippen molar-refractivity contribution in [3.8, 4) is 0 Å². The van der Waals surface area contributed by atoms with Crippen LogP contribution in [0.1, 0.15) is 17.3 Å². The van der Waals surface area contributed by atoms with Crippen molar-refractivity contribution in [3.05, 3.63) is 33.4 Å². The molecule has 1 saturated heterocycles. The molecule has 0 aromatic heterocycles. The topological polar surface area (TPSA) is 29.5 Å². The number of morpholine rings is 1. The molecular weight excluding hydrogens is 317 g/mol. The molecule has 1 atom stereocenters. The van der Waals surface area contributed by atoms with Crippen LogP contribution in [-0.2, 0) is 4.74 Å². The molecule has 0 N–H and O–H groups in total. The number of nitrogens with zero attached hydrogens (tertiary/aromatic N) is 1. The zero-order valence-corrected chi connectivity index (χ0v) is 11.3. The molecule has 1 amide bonds. The highest BCUT2D eigenvalue weighted by Gasteiger charge is 2.25. The van der Waals surface area contributed by atoms with Crippen molar-refractivity contribution in [1.29, 1.82) is 0 Å². The molecule has 0 saturated carbocycles. The Hall–Kier alpha value is -0.620. The van der Waals surface area contributed by atoms with Crippen LogP contribution >= 0.6 is 22.6 Å². The zero-order valence-electron chi connectivity index (χ0n) is 9.15. The third-order valence-electron chi connectivity index (χ3n) is 2.73. The predicted octanol–water partition coefficient (Wildman–Crippen LogP) is 2.15. The number of carbonyl (C=O) groups excluding carboxylic acids is 1. The lowest BCUT2D eigenvalue weighted by molar-refractivity contribution is 0.00353. The summed E-state index contributed by atoms with van der Waals surface area (Å²) in [4.78, 5) is 14.2. The minimum atomic E-state index is 0.112. The van der Waals surface area contributed by atoms with Crippen LogP contribution in [0.2, 0.25) is 0 Å². The fourth-order valence-electron chi connectivity index (χ4n) is 1.82. The monoisotopic (exact) mass is 331 g/mol. The highest BCUT2D eigenvalue weighted by atomic mass is 127. The first-order valence-electron chi connectivity index (χ1n) is 5.33. The van der Waals surface area contributed by atoms with Gasteiger partial charge in [-0.15, -0.1) is 0 Å². The summed E-state index contributed by atoms with van der Waals surface area (Å²) in [6.45, 7) is 3.98. The molecule has 86 valence electrons. The van der Waals surface area contributed by atoms with Gasteiger partial charge < -0.3 is 9.64 Å². The minimum Gasteiger partial charge on any atom is -0.377 e. The number of halogens is 1. The molecule has 4 heteroatoms. The molecule has 0 radical (unpaired) electrons. The molecule has 1 fully saturated rings. The highest BCUT2D eigenvalue weighted by Crippen LogP contribution is 2.17. The van der Waals surface area contributed by atoms with Gasteiger partial charge in [0.1, 0.15) is 0 Å². The summed E-state index contributed by atoms with van der Waals surface area (Å²) >= 11 is 2.20. The number of benzene rings is 1. The molecule has 3 nitrogen and oxygen atoms in total. The molecule has 0 spiro atoms. The van der Waals surface area contributed by atoms with Gasteiger partial charge in [-0.05, 0) is 41.6 Å². The molecule has 1 heterocycles. The largest absolute Gasteiger partial charge is 0.377 e. The second-order valence-corrected chi connectivity index (χ2v) is 5.06. The summed E-state index contributed by atoms with van der Waals surface area (Å²) in [7, 11) is 0. The van der Waals surface area contributed by atoms with Crippen molar-refractivity contribution < 1.29 is 9.53 Å². The van der Waals surface area contributed by atoms with Gasteiger partial charge in [0.15, 0.2) is 0 Å². The van der Waals surface area contributed by atoms with Crippen LogP contribution in [0.15, 0.2) is 24.3 Å². The number of amides is 1. The van der Waals surface area contributed by atoms with E-state index in [0.29, 0.717) is 19.8 Å². The Kier molecular flexibility index (Phi) is 3.81. The molecule has 16 heavy (non-hydrogen) atoms. The molecule has 2 rings (SSSR count). The lowest BCUT2D eigenvalue weighted by Crippen LogP contribution is -2.47. The minimum absolute atomic E-state index is 0.112. The summed E-state index contributed by atoms with van der Waals surface area (Å²) in [5, 5.41) is 0. The average molecular weight is 331 g/mol. The summed E-state index contributed by atoms with van der Waals surface area (Å²) in [6, 6.07) is 7.85. The van der Waals surface area contributed by atoms with Crippen molar-refractivity contribution in [2.75, 3.05) is 19.8 Å². The molecular formula is C12H14INO2. The summed E-state index contributed by atoms with van der Waals surface area (Å²) in [6.07, 6.45) is 0. The normalized spacial score (nSPS) is 20.9. The van der Waals surface area contributed by atoms with Gasteiger partial charge in [-0.1, -0.05) is 12.1 Å². The maximum Gasteiger partial charge on any atom is 0.255 e. The fraction of sp³-hybridized carbons (Fsp3) is 0.417. The summed E-state index contributed by atoms with van der Waals surface area (Å²) in [5.74, 6) is 0.112. The van der Waals surface area contributed by atoms with Gasteiger partial charge in [-0.25, -0.2) is 0 Å². The van der Waals surface area contributed by atoms with E-state index in [4.69, 9.17) is 4.74 Å². The number of carbonyl (C=O) groups is 1. The molecule has 0 aliphatic carbocycles. The van der Waals surface area contributed by atoms with E-state index in [1.807, 2.05) is 36.1 Å². The Morgan fingerprint density at radius 1 is 1.50 bits per heavy atom. The summed E-state index contributed by atoms with van der Waals surface area (Å²) in [5.41, 5.74) is 0.789.